The molecular weight excluding hydrogens is 240 g/mol. The lowest BCUT2D eigenvalue weighted by atomic mass is 10.0. The maximum Gasteiger partial charge on any atom is 0.253 e. The highest BCUT2D eigenvalue weighted by Gasteiger charge is 2.19. The molecule has 1 aliphatic heterocycles. The van der Waals surface area contributed by atoms with Gasteiger partial charge in [0, 0.05) is 25.2 Å². The molecular formula is C15H22N2O2. The van der Waals surface area contributed by atoms with Crippen molar-refractivity contribution in [3.05, 3.63) is 29.3 Å². The molecule has 1 fully saturated rings. The highest BCUT2D eigenvalue weighted by atomic mass is 16.3. The van der Waals surface area contributed by atoms with Gasteiger partial charge >= 0.3 is 0 Å². The van der Waals surface area contributed by atoms with Gasteiger partial charge in [0.15, 0.2) is 0 Å². The number of hydrogen-bond donors (Lipinski definition) is 2. The van der Waals surface area contributed by atoms with E-state index in [4.69, 9.17) is 0 Å². The summed E-state index contributed by atoms with van der Waals surface area (Å²) in [6, 6.07) is 5.28. The average Bonchev–Trinajstić information content (AvgIpc) is 2.39. The third kappa shape index (κ3) is 3.47. The van der Waals surface area contributed by atoms with Crippen LogP contribution in [-0.2, 0) is 0 Å². The van der Waals surface area contributed by atoms with E-state index in [2.05, 4.69) is 5.32 Å². The summed E-state index contributed by atoms with van der Waals surface area (Å²) >= 11 is 0. The fourth-order valence-electron chi connectivity index (χ4n) is 2.59. The third-order valence-electron chi connectivity index (χ3n) is 3.69. The van der Waals surface area contributed by atoms with Crippen LogP contribution in [-0.4, -0.2) is 42.1 Å². The lowest BCUT2D eigenvalue weighted by molar-refractivity contribution is 0.0774. The monoisotopic (exact) mass is 262 g/mol. The van der Waals surface area contributed by atoms with Crippen molar-refractivity contribution < 1.29 is 9.90 Å². The van der Waals surface area contributed by atoms with Crippen LogP contribution in [0.25, 0.3) is 0 Å². The van der Waals surface area contributed by atoms with Gasteiger partial charge in [-0.15, -0.1) is 0 Å². The minimum absolute atomic E-state index is 0.0184. The van der Waals surface area contributed by atoms with Gasteiger partial charge in [-0.25, -0.2) is 0 Å². The predicted octanol–water partition coefficient (Wildman–Crippen LogP) is 1.91. The van der Waals surface area contributed by atoms with Crippen molar-refractivity contribution in [1.29, 1.82) is 0 Å². The van der Waals surface area contributed by atoms with E-state index in [9.17, 15) is 9.90 Å². The quantitative estimate of drug-likeness (QED) is 0.875. The third-order valence-corrected chi connectivity index (χ3v) is 3.69. The lowest BCUT2D eigenvalue weighted by Crippen LogP contribution is -2.44. The van der Waals surface area contributed by atoms with Crippen LogP contribution in [0, 0.1) is 6.92 Å². The molecule has 0 radical (unpaired) electrons. The first-order valence-electron chi connectivity index (χ1n) is 6.86. The maximum atomic E-state index is 12.4. The van der Waals surface area contributed by atoms with Gasteiger partial charge in [0.25, 0.3) is 5.91 Å². The molecule has 1 atom stereocenters. The molecule has 1 heterocycles. The largest absolute Gasteiger partial charge is 0.508 e. The van der Waals surface area contributed by atoms with Crippen LogP contribution >= 0.6 is 0 Å². The molecule has 0 spiro atoms. The maximum absolute atomic E-state index is 12.4. The van der Waals surface area contributed by atoms with Crippen LogP contribution in [0.4, 0.5) is 0 Å². The second kappa shape index (κ2) is 6.06. The van der Waals surface area contributed by atoms with E-state index < -0.39 is 0 Å². The summed E-state index contributed by atoms with van der Waals surface area (Å²) < 4.78 is 0. The minimum atomic E-state index is 0.0184. The number of piperidine rings is 1. The Bertz CT molecular complexity index is 453. The van der Waals surface area contributed by atoms with Crippen molar-refractivity contribution in [2.75, 3.05) is 20.1 Å². The van der Waals surface area contributed by atoms with Crippen molar-refractivity contribution in [1.82, 2.24) is 10.2 Å². The number of phenolic OH excluding ortho intramolecular Hbond substituents is 1. The fraction of sp³-hybridized carbons (Fsp3) is 0.533. The Morgan fingerprint density at radius 3 is 2.89 bits per heavy atom. The van der Waals surface area contributed by atoms with Gasteiger partial charge in [-0.3, -0.25) is 4.79 Å². The van der Waals surface area contributed by atoms with Crippen LogP contribution in [0.2, 0.25) is 0 Å². The molecule has 0 aliphatic carbocycles. The first-order chi connectivity index (χ1) is 9.08. The van der Waals surface area contributed by atoms with Gasteiger partial charge < -0.3 is 15.3 Å². The number of phenols is 1. The van der Waals surface area contributed by atoms with Crippen LogP contribution in [0.15, 0.2) is 18.2 Å². The smallest absolute Gasteiger partial charge is 0.253 e. The topological polar surface area (TPSA) is 52.6 Å². The summed E-state index contributed by atoms with van der Waals surface area (Å²) in [4.78, 5) is 14.1. The van der Waals surface area contributed by atoms with Crippen molar-refractivity contribution in [3.8, 4) is 5.75 Å². The molecule has 0 saturated carbocycles. The predicted molar refractivity (Wildman–Crippen MR) is 75.4 cm³/mol. The van der Waals surface area contributed by atoms with Crippen molar-refractivity contribution in [2.24, 2.45) is 0 Å². The number of rotatable bonds is 3. The Labute approximate surface area is 114 Å². The number of carbonyl (C=O) groups excluding carboxylic acids is 1. The summed E-state index contributed by atoms with van der Waals surface area (Å²) in [7, 11) is 1.84. The number of nitrogens with zero attached hydrogens (tertiary/aromatic N) is 1. The molecule has 1 unspecified atom stereocenters. The number of carbonyl (C=O) groups is 1. The first-order valence-corrected chi connectivity index (χ1v) is 6.86. The molecule has 0 bridgehead atoms. The molecule has 1 amide bonds. The van der Waals surface area contributed by atoms with Gasteiger partial charge in [-0.05, 0) is 50.1 Å². The summed E-state index contributed by atoms with van der Waals surface area (Å²) in [6.07, 6.45) is 3.59. The van der Waals surface area contributed by atoms with Crippen LogP contribution in [0.1, 0.15) is 35.2 Å². The Morgan fingerprint density at radius 2 is 2.26 bits per heavy atom. The lowest BCUT2D eigenvalue weighted by Gasteiger charge is -2.28. The Morgan fingerprint density at radius 1 is 1.47 bits per heavy atom. The van der Waals surface area contributed by atoms with E-state index in [1.807, 2.05) is 14.0 Å². The Kier molecular flexibility index (Phi) is 4.43. The zero-order chi connectivity index (χ0) is 13.8. The van der Waals surface area contributed by atoms with Crippen LogP contribution < -0.4 is 5.32 Å². The van der Waals surface area contributed by atoms with Crippen molar-refractivity contribution in [3.63, 3.8) is 0 Å². The zero-order valence-electron chi connectivity index (χ0n) is 11.6. The second-order valence-corrected chi connectivity index (χ2v) is 5.33. The highest BCUT2D eigenvalue weighted by molar-refractivity contribution is 5.95. The van der Waals surface area contributed by atoms with Gasteiger partial charge in [-0.2, -0.15) is 0 Å². The average molecular weight is 262 g/mol. The van der Waals surface area contributed by atoms with E-state index in [-0.39, 0.29) is 11.7 Å². The number of likely N-dealkylation sites (N-methyl/N-ethyl adjacent to an activating group) is 1. The van der Waals surface area contributed by atoms with Gasteiger partial charge in [0.2, 0.25) is 0 Å². The standard InChI is InChI=1S/C15H22N2O2/c1-11-9-13(18)6-7-14(11)15(19)17(2)10-12-5-3-4-8-16-12/h6-7,9,12,16,18H,3-5,8,10H2,1-2H3. The summed E-state index contributed by atoms with van der Waals surface area (Å²) in [5.41, 5.74) is 1.48. The molecule has 0 aromatic heterocycles. The summed E-state index contributed by atoms with van der Waals surface area (Å²) in [5.74, 6) is 0.218. The van der Waals surface area contributed by atoms with E-state index >= 15 is 0 Å². The van der Waals surface area contributed by atoms with E-state index in [1.165, 1.54) is 12.8 Å². The molecule has 4 heteroatoms. The SMILES string of the molecule is Cc1cc(O)ccc1C(=O)N(C)CC1CCCCN1. The summed E-state index contributed by atoms with van der Waals surface area (Å²) in [6.45, 7) is 3.63. The molecule has 4 nitrogen and oxygen atoms in total. The number of hydrogen-bond acceptors (Lipinski definition) is 3. The number of benzene rings is 1. The second-order valence-electron chi connectivity index (χ2n) is 5.33. The van der Waals surface area contributed by atoms with E-state index in [0.29, 0.717) is 11.6 Å². The van der Waals surface area contributed by atoms with E-state index in [1.54, 1.807) is 23.1 Å². The van der Waals surface area contributed by atoms with E-state index in [0.717, 1.165) is 25.1 Å². The van der Waals surface area contributed by atoms with Crippen molar-refractivity contribution >= 4 is 5.91 Å². The normalized spacial score (nSPS) is 19.2. The van der Waals surface area contributed by atoms with Gasteiger partial charge in [-0.1, -0.05) is 6.42 Å². The zero-order valence-corrected chi connectivity index (χ0v) is 11.6. The van der Waals surface area contributed by atoms with Gasteiger partial charge in [0.05, 0.1) is 0 Å². The number of aryl methyl sites for hydroxylation is 1. The molecule has 1 aromatic rings. The molecule has 19 heavy (non-hydrogen) atoms. The van der Waals surface area contributed by atoms with Crippen molar-refractivity contribution in [2.45, 2.75) is 32.2 Å². The van der Waals surface area contributed by atoms with Crippen LogP contribution in [0.3, 0.4) is 0 Å². The first kappa shape index (κ1) is 13.9. The van der Waals surface area contributed by atoms with Crippen LogP contribution in [0.5, 0.6) is 5.75 Å². The molecule has 104 valence electrons. The fourth-order valence-corrected chi connectivity index (χ4v) is 2.59. The number of amides is 1. The number of nitrogens with one attached hydrogen (secondary N) is 1. The Balaban J connectivity index is 2.01. The number of aromatic hydroxyl groups is 1. The molecule has 1 aromatic carbocycles. The molecule has 1 aliphatic rings. The summed E-state index contributed by atoms with van der Waals surface area (Å²) in [5, 5.41) is 12.8. The molecule has 1 saturated heterocycles. The molecule has 2 N–H and O–H groups in total. The van der Waals surface area contributed by atoms with Gasteiger partial charge in [0.1, 0.15) is 5.75 Å². The minimum Gasteiger partial charge on any atom is -0.508 e. The Hall–Kier alpha value is -1.55. The highest BCUT2D eigenvalue weighted by Crippen LogP contribution is 2.17. The molecule has 2 rings (SSSR count).